The highest BCUT2D eigenvalue weighted by Crippen LogP contribution is 2.33. The molecule has 1 atom stereocenters. The van der Waals surface area contributed by atoms with Gasteiger partial charge in [-0.25, -0.2) is 0 Å². The van der Waals surface area contributed by atoms with Gasteiger partial charge in [0.05, 0.1) is 12.1 Å². The summed E-state index contributed by atoms with van der Waals surface area (Å²) in [6, 6.07) is 18.1. The molecule has 0 spiro atoms. The molecule has 0 saturated carbocycles. The molecule has 0 saturated heterocycles. The van der Waals surface area contributed by atoms with Gasteiger partial charge in [0.2, 0.25) is 5.91 Å². The Bertz CT molecular complexity index is 949. The summed E-state index contributed by atoms with van der Waals surface area (Å²) in [6.45, 7) is 2.71. The molecule has 3 aromatic rings. The lowest BCUT2D eigenvalue weighted by atomic mass is 10.1. The number of fused-ring (bicyclic) bond motifs is 1. The van der Waals surface area contributed by atoms with Crippen LogP contribution in [0.2, 0.25) is 0 Å². The molecule has 2 aromatic carbocycles. The highest BCUT2D eigenvalue weighted by molar-refractivity contribution is 5.78. The van der Waals surface area contributed by atoms with Crippen LogP contribution < -0.4 is 10.1 Å². The third kappa shape index (κ3) is 4.42. The fourth-order valence-electron chi connectivity index (χ4n) is 3.50. The minimum Gasteiger partial charge on any atom is -0.490 e. The number of hydrogen-bond donors (Lipinski definition) is 1. The molecular weight excluding hydrogens is 352 g/mol. The summed E-state index contributed by atoms with van der Waals surface area (Å²) in [5, 5.41) is 7.00. The molecule has 2 heterocycles. The van der Waals surface area contributed by atoms with E-state index in [0.29, 0.717) is 18.0 Å². The monoisotopic (exact) mass is 376 g/mol. The third-order valence-electron chi connectivity index (χ3n) is 4.89. The standard InChI is InChI=1S/C23H24N2O3/c1-16-12-19-13-18(9-10-21(19)27-16)22-14-20(25-28-22)15-23(26)24-11-5-8-17-6-3-2-4-7-17/h2-4,6-7,9-10,13-14,16H,5,8,11-12,15H2,1H3,(H,24,26). The Labute approximate surface area is 164 Å². The average molecular weight is 376 g/mol. The van der Waals surface area contributed by atoms with E-state index < -0.39 is 0 Å². The van der Waals surface area contributed by atoms with Gasteiger partial charge in [0.25, 0.3) is 0 Å². The number of rotatable bonds is 7. The molecule has 0 radical (unpaired) electrons. The Morgan fingerprint density at radius 1 is 1.18 bits per heavy atom. The summed E-state index contributed by atoms with van der Waals surface area (Å²) in [7, 11) is 0. The lowest BCUT2D eigenvalue weighted by molar-refractivity contribution is -0.120. The fraction of sp³-hybridized carbons (Fsp3) is 0.304. The van der Waals surface area contributed by atoms with Crippen molar-refractivity contribution in [2.45, 2.75) is 38.7 Å². The van der Waals surface area contributed by atoms with Crippen LogP contribution in [0, 0.1) is 0 Å². The van der Waals surface area contributed by atoms with Crippen LogP contribution >= 0.6 is 0 Å². The maximum Gasteiger partial charge on any atom is 0.226 e. The van der Waals surface area contributed by atoms with Gasteiger partial charge in [0.15, 0.2) is 5.76 Å². The van der Waals surface area contributed by atoms with Gasteiger partial charge in [-0.1, -0.05) is 35.5 Å². The predicted molar refractivity (Wildman–Crippen MR) is 107 cm³/mol. The number of hydrogen-bond acceptors (Lipinski definition) is 4. The van der Waals surface area contributed by atoms with Crippen LogP contribution in [0.25, 0.3) is 11.3 Å². The number of aromatic nitrogens is 1. The van der Waals surface area contributed by atoms with Crippen molar-refractivity contribution in [1.82, 2.24) is 10.5 Å². The molecule has 5 heteroatoms. The Morgan fingerprint density at radius 2 is 2.04 bits per heavy atom. The smallest absolute Gasteiger partial charge is 0.226 e. The fourth-order valence-corrected chi connectivity index (χ4v) is 3.50. The molecule has 28 heavy (non-hydrogen) atoms. The van der Waals surface area contributed by atoms with Crippen molar-refractivity contribution < 1.29 is 14.1 Å². The van der Waals surface area contributed by atoms with Crippen LogP contribution in [-0.4, -0.2) is 23.7 Å². The zero-order valence-corrected chi connectivity index (χ0v) is 16.0. The highest BCUT2D eigenvalue weighted by Gasteiger charge is 2.20. The number of carbonyl (C=O) groups excluding carboxylic acids is 1. The first-order valence-corrected chi connectivity index (χ1v) is 9.73. The quantitative estimate of drug-likeness (QED) is 0.634. The van der Waals surface area contributed by atoms with Crippen LogP contribution in [0.3, 0.4) is 0 Å². The van der Waals surface area contributed by atoms with Crippen LogP contribution in [0.1, 0.15) is 30.2 Å². The van der Waals surface area contributed by atoms with E-state index in [0.717, 1.165) is 30.6 Å². The molecule has 144 valence electrons. The number of carbonyl (C=O) groups is 1. The molecular formula is C23H24N2O3. The third-order valence-corrected chi connectivity index (χ3v) is 4.89. The minimum absolute atomic E-state index is 0.0379. The molecule has 1 aromatic heterocycles. The van der Waals surface area contributed by atoms with Gasteiger partial charge >= 0.3 is 0 Å². The molecule has 0 fully saturated rings. The van der Waals surface area contributed by atoms with E-state index in [4.69, 9.17) is 9.26 Å². The number of amides is 1. The zero-order chi connectivity index (χ0) is 19.3. The maximum atomic E-state index is 12.1. The molecule has 1 aliphatic heterocycles. The van der Waals surface area contributed by atoms with E-state index in [1.54, 1.807) is 0 Å². The second kappa shape index (κ2) is 8.30. The van der Waals surface area contributed by atoms with E-state index >= 15 is 0 Å². The molecule has 0 aliphatic carbocycles. The Balaban J connectivity index is 1.27. The molecule has 5 nitrogen and oxygen atoms in total. The molecule has 4 rings (SSSR count). The summed E-state index contributed by atoms with van der Waals surface area (Å²) < 4.78 is 11.2. The number of nitrogens with one attached hydrogen (secondary N) is 1. The second-order valence-corrected chi connectivity index (χ2v) is 7.25. The summed E-state index contributed by atoms with van der Waals surface area (Å²) in [5.41, 5.74) is 4.06. The summed E-state index contributed by atoms with van der Waals surface area (Å²) >= 11 is 0. The van der Waals surface area contributed by atoms with E-state index in [2.05, 4.69) is 35.6 Å². The topological polar surface area (TPSA) is 64.4 Å². The molecule has 1 amide bonds. The SMILES string of the molecule is CC1Cc2cc(-c3cc(CC(=O)NCCCc4ccccc4)no3)ccc2O1. The Hall–Kier alpha value is -3.08. The van der Waals surface area contributed by atoms with Crippen molar-refractivity contribution >= 4 is 5.91 Å². The number of benzene rings is 2. The number of ether oxygens (including phenoxy) is 1. The van der Waals surface area contributed by atoms with E-state index in [1.165, 1.54) is 11.1 Å². The van der Waals surface area contributed by atoms with Crippen LogP contribution in [0.15, 0.2) is 59.1 Å². The van der Waals surface area contributed by atoms with Crippen molar-refractivity contribution in [3.05, 3.63) is 71.4 Å². The first kappa shape index (κ1) is 18.3. The van der Waals surface area contributed by atoms with Gasteiger partial charge in [-0.05, 0) is 49.1 Å². The van der Waals surface area contributed by atoms with Gasteiger partial charge in [0.1, 0.15) is 11.9 Å². The van der Waals surface area contributed by atoms with Crippen molar-refractivity contribution in [1.29, 1.82) is 0 Å². The second-order valence-electron chi connectivity index (χ2n) is 7.25. The molecule has 0 bridgehead atoms. The summed E-state index contributed by atoms with van der Waals surface area (Å²) in [6.07, 6.45) is 3.20. The lowest BCUT2D eigenvalue weighted by Crippen LogP contribution is -2.26. The van der Waals surface area contributed by atoms with Gasteiger partial charge in [0, 0.05) is 24.6 Å². The minimum atomic E-state index is -0.0379. The van der Waals surface area contributed by atoms with Crippen LogP contribution in [-0.2, 0) is 24.1 Å². The summed E-state index contributed by atoms with van der Waals surface area (Å²) in [5.74, 6) is 1.57. The normalized spacial score (nSPS) is 15.1. The molecule has 1 aliphatic rings. The van der Waals surface area contributed by atoms with Gasteiger partial charge in [-0.15, -0.1) is 0 Å². The summed E-state index contributed by atoms with van der Waals surface area (Å²) in [4.78, 5) is 12.1. The highest BCUT2D eigenvalue weighted by atomic mass is 16.5. The molecule has 1 N–H and O–H groups in total. The largest absolute Gasteiger partial charge is 0.490 e. The van der Waals surface area contributed by atoms with Gasteiger partial charge < -0.3 is 14.6 Å². The lowest BCUT2D eigenvalue weighted by Gasteiger charge is -2.04. The van der Waals surface area contributed by atoms with Crippen molar-refractivity contribution in [2.75, 3.05) is 6.54 Å². The van der Waals surface area contributed by atoms with Crippen molar-refractivity contribution in [2.24, 2.45) is 0 Å². The zero-order valence-electron chi connectivity index (χ0n) is 16.0. The van der Waals surface area contributed by atoms with Gasteiger partial charge in [-0.3, -0.25) is 4.79 Å². The van der Waals surface area contributed by atoms with Crippen molar-refractivity contribution in [3.63, 3.8) is 0 Å². The average Bonchev–Trinajstić information content (AvgIpc) is 3.31. The first-order valence-electron chi connectivity index (χ1n) is 9.73. The van der Waals surface area contributed by atoms with E-state index in [9.17, 15) is 4.79 Å². The number of aryl methyl sites for hydroxylation is 1. The van der Waals surface area contributed by atoms with E-state index in [1.807, 2.05) is 36.4 Å². The van der Waals surface area contributed by atoms with Crippen LogP contribution in [0.4, 0.5) is 0 Å². The molecule has 1 unspecified atom stereocenters. The van der Waals surface area contributed by atoms with Crippen molar-refractivity contribution in [3.8, 4) is 17.1 Å². The Morgan fingerprint density at radius 3 is 2.89 bits per heavy atom. The predicted octanol–water partition coefficient (Wildman–Crippen LogP) is 3.96. The number of nitrogens with zero attached hydrogens (tertiary/aromatic N) is 1. The van der Waals surface area contributed by atoms with E-state index in [-0.39, 0.29) is 18.4 Å². The Kier molecular flexibility index (Phi) is 5.42. The maximum absolute atomic E-state index is 12.1. The van der Waals surface area contributed by atoms with Crippen LogP contribution in [0.5, 0.6) is 5.75 Å². The first-order chi connectivity index (χ1) is 13.7. The van der Waals surface area contributed by atoms with Gasteiger partial charge in [-0.2, -0.15) is 0 Å².